The van der Waals surface area contributed by atoms with E-state index in [0.29, 0.717) is 21.5 Å². The second kappa shape index (κ2) is 10.2. The number of ether oxygens (including phenoxy) is 3. The van der Waals surface area contributed by atoms with Crippen molar-refractivity contribution in [2.24, 2.45) is 0 Å². The highest BCUT2D eigenvalue weighted by Crippen LogP contribution is 2.44. The van der Waals surface area contributed by atoms with Crippen LogP contribution in [0.25, 0.3) is 11.1 Å². The van der Waals surface area contributed by atoms with Crippen molar-refractivity contribution in [1.29, 1.82) is 0 Å². The standard InChI is InChI=1S/C26H24BrNO6/c1-32-23-12-11-21(27)19(24(23)33-2)13-22(25(29)30)28-26(31)34-14-20-17-9-5-3-7-15(17)16-8-4-6-10-18(16)20/h3-12,20,22H,13-14H2,1-2H3,(H,28,31)(H,29,30). The van der Waals surface area contributed by atoms with Crippen molar-refractivity contribution in [3.8, 4) is 22.6 Å². The molecule has 3 aromatic rings. The van der Waals surface area contributed by atoms with Gasteiger partial charge in [0.25, 0.3) is 0 Å². The Hall–Kier alpha value is -3.52. The zero-order chi connectivity index (χ0) is 24.2. The fourth-order valence-corrected chi connectivity index (χ4v) is 4.82. The number of benzene rings is 3. The number of hydrogen-bond acceptors (Lipinski definition) is 5. The maximum absolute atomic E-state index is 12.6. The van der Waals surface area contributed by atoms with Crippen molar-refractivity contribution in [2.45, 2.75) is 18.4 Å². The SMILES string of the molecule is COc1ccc(Br)c(CC(NC(=O)OCC2c3ccccc3-c3ccccc32)C(=O)O)c1OC. The van der Waals surface area contributed by atoms with E-state index in [1.807, 2.05) is 48.5 Å². The van der Waals surface area contributed by atoms with Crippen LogP contribution in [-0.2, 0) is 16.0 Å². The molecule has 34 heavy (non-hydrogen) atoms. The van der Waals surface area contributed by atoms with Crippen molar-refractivity contribution in [3.63, 3.8) is 0 Å². The number of hydrogen-bond donors (Lipinski definition) is 2. The topological polar surface area (TPSA) is 94.1 Å². The molecule has 0 aliphatic heterocycles. The van der Waals surface area contributed by atoms with Crippen molar-refractivity contribution >= 4 is 28.0 Å². The number of nitrogens with one attached hydrogen (secondary N) is 1. The minimum Gasteiger partial charge on any atom is -0.493 e. The summed E-state index contributed by atoms with van der Waals surface area (Å²) in [6.07, 6.45) is -0.826. The number of aliphatic carboxylic acids is 1. The van der Waals surface area contributed by atoms with Crippen molar-refractivity contribution in [1.82, 2.24) is 5.32 Å². The Morgan fingerprint density at radius 3 is 2.15 bits per heavy atom. The molecule has 7 nitrogen and oxygen atoms in total. The van der Waals surface area contributed by atoms with Gasteiger partial charge < -0.3 is 24.6 Å². The smallest absolute Gasteiger partial charge is 0.407 e. The van der Waals surface area contributed by atoms with E-state index >= 15 is 0 Å². The molecule has 176 valence electrons. The van der Waals surface area contributed by atoms with Gasteiger partial charge in [-0.25, -0.2) is 9.59 Å². The lowest BCUT2D eigenvalue weighted by Crippen LogP contribution is -2.43. The monoisotopic (exact) mass is 525 g/mol. The van der Waals surface area contributed by atoms with Gasteiger partial charge in [-0.05, 0) is 34.4 Å². The van der Waals surface area contributed by atoms with Crippen LogP contribution in [0.15, 0.2) is 65.1 Å². The lowest BCUT2D eigenvalue weighted by Gasteiger charge is -2.20. The summed E-state index contributed by atoms with van der Waals surface area (Å²) in [5.41, 5.74) is 4.96. The number of carbonyl (C=O) groups is 2. The van der Waals surface area contributed by atoms with Crippen LogP contribution in [-0.4, -0.2) is 44.0 Å². The molecule has 3 aromatic carbocycles. The Labute approximate surface area is 205 Å². The van der Waals surface area contributed by atoms with Crippen molar-refractivity contribution < 1.29 is 28.9 Å². The van der Waals surface area contributed by atoms with Crippen LogP contribution in [0.3, 0.4) is 0 Å². The minimum atomic E-state index is -1.23. The summed E-state index contributed by atoms with van der Waals surface area (Å²) in [4.78, 5) is 24.6. The summed E-state index contributed by atoms with van der Waals surface area (Å²) in [6, 6.07) is 18.2. The predicted molar refractivity (Wildman–Crippen MR) is 131 cm³/mol. The first-order valence-corrected chi connectivity index (χ1v) is 11.5. The normalized spacial score (nSPS) is 12.9. The van der Waals surface area contributed by atoms with E-state index in [2.05, 4.69) is 21.2 Å². The van der Waals surface area contributed by atoms with Crippen molar-refractivity contribution in [3.05, 3.63) is 81.8 Å². The number of methoxy groups -OCH3 is 2. The molecule has 0 radical (unpaired) electrons. The van der Waals surface area contributed by atoms with Gasteiger partial charge in [-0.2, -0.15) is 0 Å². The van der Waals surface area contributed by atoms with Crippen LogP contribution < -0.4 is 14.8 Å². The average Bonchev–Trinajstić information content (AvgIpc) is 3.16. The Kier molecular flexibility index (Phi) is 7.07. The molecule has 1 amide bonds. The van der Waals surface area contributed by atoms with Gasteiger partial charge in [0.1, 0.15) is 12.6 Å². The molecule has 1 unspecified atom stereocenters. The number of alkyl carbamates (subject to hydrolysis) is 1. The summed E-state index contributed by atoms with van der Waals surface area (Å²) in [7, 11) is 2.97. The molecule has 8 heteroatoms. The highest BCUT2D eigenvalue weighted by molar-refractivity contribution is 9.10. The third-order valence-electron chi connectivity index (χ3n) is 5.93. The van der Waals surface area contributed by atoms with Crippen LogP contribution in [0.1, 0.15) is 22.6 Å². The number of amides is 1. The number of carbonyl (C=O) groups excluding carboxylic acids is 1. The lowest BCUT2D eigenvalue weighted by molar-refractivity contribution is -0.139. The van der Waals surface area contributed by atoms with Gasteiger partial charge in [0.15, 0.2) is 11.5 Å². The van der Waals surface area contributed by atoms with Gasteiger partial charge in [0, 0.05) is 22.4 Å². The van der Waals surface area contributed by atoms with Crippen molar-refractivity contribution in [2.75, 3.05) is 20.8 Å². The van der Waals surface area contributed by atoms with Crippen LogP contribution in [0, 0.1) is 0 Å². The first-order chi connectivity index (χ1) is 16.4. The molecule has 1 aliphatic rings. The third kappa shape index (κ3) is 4.59. The second-order valence-corrected chi connectivity index (χ2v) is 8.68. The number of halogens is 1. The fraction of sp³-hybridized carbons (Fsp3) is 0.231. The van der Waals surface area contributed by atoms with Crippen LogP contribution in [0.4, 0.5) is 4.79 Å². The molecule has 1 atom stereocenters. The van der Waals surface area contributed by atoms with Crippen LogP contribution in [0.2, 0.25) is 0 Å². The van der Waals surface area contributed by atoms with Gasteiger partial charge in [-0.15, -0.1) is 0 Å². The molecule has 0 saturated heterocycles. The molecule has 0 bridgehead atoms. The maximum atomic E-state index is 12.6. The number of carboxylic acids is 1. The lowest BCUT2D eigenvalue weighted by atomic mass is 9.98. The summed E-state index contributed by atoms with van der Waals surface area (Å²) in [5.74, 6) is -0.442. The quantitative estimate of drug-likeness (QED) is 0.429. The first-order valence-electron chi connectivity index (χ1n) is 10.7. The minimum absolute atomic E-state index is 0.0273. The maximum Gasteiger partial charge on any atom is 0.407 e. The van der Waals surface area contributed by atoms with E-state index in [0.717, 1.165) is 22.3 Å². The molecule has 0 heterocycles. The van der Waals surface area contributed by atoms with Gasteiger partial charge in [0.05, 0.1) is 14.2 Å². The van der Waals surface area contributed by atoms with Gasteiger partial charge in [-0.3, -0.25) is 0 Å². The first kappa shape index (κ1) is 23.6. The van der Waals surface area contributed by atoms with Gasteiger partial charge in [0.2, 0.25) is 0 Å². The zero-order valence-electron chi connectivity index (χ0n) is 18.7. The summed E-state index contributed by atoms with van der Waals surface area (Å²) in [6.45, 7) is 0.0956. The predicted octanol–water partition coefficient (Wildman–Crippen LogP) is 5.00. The molecule has 0 aromatic heterocycles. The average molecular weight is 526 g/mol. The third-order valence-corrected chi connectivity index (χ3v) is 6.68. The summed E-state index contributed by atoms with van der Waals surface area (Å²) < 4.78 is 16.9. The van der Waals surface area contributed by atoms with Crippen LogP contribution in [0.5, 0.6) is 11.5 Å². The van der Waals surface area contributed by atoms with Gasteiger partial charge in [-0.1, -0.05) is 64.5 Å². The summed E-state index contributed by atoms with van der Waals surface area (Å²) in [5, 5.41) is 12.2. The highest BCUT2D eigenvalue weighted by atomic mass is 79.9. The van der Waals surface area contributed by atoms with E-state index in [4.69, 9.17) is 14.2 Å². The highest BCUT2D eigenvalue weighted by Gasteiger charge is 2.30. The van der Waals surface area contributed by atoms with E-state index in [-0.39, 0.29) is 18.9 Å². The molecular formula is C26H24BrNO6. The molecular weight excluding hydrogens is 502 g/mol. The fourth-order valence-electron chi connectivity index (χ4n) is 4.34. The van der Waals surface area contributed by atoms with E-state index in [9.17, 15) is 14.7 Å². The summed E-state index contributed by atoms with van der Waals surface area (Å²) >= 11 is 3.43. The Morgan fingerprint density at radius 1 is 0.971 bits per heavy atom. The molecule has 0 spiro atoms. The van der Waals surface area contributed by atoms with E-state index in [1.165, 1.54) is 14.2 Å². The Bertz CT molecular complexity index is 1180. The largest absolute Gasteiger partial charge is 0.493 e. The number of fused-ring (bicyclic) bond motifs is 3. The zero-order valence-corrected chi connectivity index (χ0v) is 20.3. The molecule has 1 aliphatic carbocycles. The molecule has 4 rings (SSSR count). The van der Waals surface area contributed by atoms with E-state index in [1.54, 1.807) is 12.1 Å². The number of rotatable bonds is 8. The molecule has 0 fully saturated rings. The Balaban J connectivity index is 1.48. The van der Waals surface area contributed by atoms with E-state index < -0.39 is 18.1 Å². The van der Waals surface area contributed by atoms with Crippen LogP contribution >= 0.6 is 15.9 Å². The number of carboxylic acid groups (broad SMARTS) is 1. The Morgan fingerprint density at radius 2 is 1.59 bits per heavy atom. The molecule has 0 saturated carbocycles. The van der Waals surface area contributed by atoms with Gasteiger partial charge >= 0.3 is 12.1 Å². The molecule has 2 N–H and O–H groups in total. The second-order valence-electron chi connectivity index (χ2n) is 7.83.